The van der Waals surface area contributed by atoms with E-state index in [0.29, 0.717) is 31.9 Å². The van der Waals surface area contributed by atoms with E-state index in [9.17, 15) is 8.42 Å². The normalized spacial score (nSPS) is 11.8. The van der Waals surface area contributed by atoms with Crippen LogP contribution in [0, 0.1) is 0 Å². The Bertz CT molecular complexity index is 190. The zero-order valence-corrected chi connectivity index (χ0v) is 9.33. The summed E-state index contributed by atoms with van der Waals surface area (Å²) in [5, 5.41) is 0. The minimum Gasteiger partial charge on any atom is -0.385 e. The van der Waals surface area contributed by atoms with Gasteiger partial charge in [-0.2, -0.15) is 0 Å². The largest absolute Gasteiger partial charge is 0.385 e. The number of halogens is 1. The van der Waals surface area contributed by atoms with Crippen molar-refractivity contribution in [2.24, 2.45) is 0 Å². The number of sulfonamides is 1. The van der Waals surface area contributed by atoms with Gasteiger partial charge in [0.05, 0.1) is 5.75 Å². The van der Waals surface area contributed by atoms with Crippen LogP contribution in [0.2, 0.25) is 0 Å². The Morgan fingerprint density at radius 3 is 2.62 bits per heavy atom. The van der Waals surface area contributed by atoms with E-state index in [0.717, 1.165) is 0 Å². The van der Waals surface area contributed by atoms with Crippen LogP contribution in [0.4, 0.5) is 0 Å². The van der Waals surface area contributed by atoms with Gasteiger partial charge in [0.2, 0.25) is 10.0 Å². The van der Waals surface area contributed by atoms with Crippen molar-refractivity contribution in [3.63, 3.8) is 0 Å². The molecule has 80 valence electrons. The molecule has 0 bridgehead atoms. The molecule has 0 aromatic heterocycles. The second-order valence-corrected chi connectivity index (χ2v) is 4.91. The van der Waals surface area contributed by atoms with E-state index in [1.54, 1.807) is 7.11 Å². The maximum atomic E-state index is 11.2. The molecule has 0 heterocycles. The van der Waals surface area contributed by atoms with Crippen molar-refractivity contribution in [1.29, 1.82) is 0 Å². The highest BCUT2D eigenvalue weighted by molar-refractivity contribution is 7.89. The third kappa shape index (κ3) is 8.49. The summed E-state index contributed by atoms with van der Waals surface area (Å²) in [6.45, 7) is 0.884. The molecule has 6 heteroatoms. The smallest absolute Gasteiger partial charge is 0.211 e. The summed E-state index contributed by atoms with van der Waals surface area (Å²) in [7, 11) is -1.57. The monoisotopic (exact) mass is 229 g/mol. The molecule has 0 aliphatic heterocycles. The highest BCUT2D eigenvalue weighted by atomic mass is 35.5. The molecule has 0 aromatic carbocycles. The zero-order valence-electron chi connectivity index (χ0n) is 7.75. The highest BCUT2D eigenvalue weighted by Gasteiger charge is 2.07. The fourth-order valence-corrected chi connectivity index (χ4v) is 1.99. The van der Waals surface area contributed by atoms with Crippen LogP contribution in [0.25, 0.3) is 0 Å². The van der Waals surface area contributed by atoms with Gasteiger partial charge in [0.25, 0.3) is 0 Å². The number of rotatable bonds is 8. The quantitative estimate of drug-likeness (QED) is 0.489. The van der Waals surface area contributed by atoms with Crippen LogP contribution in [0.1, 0.15) is 12.8 Å². The Balaban J connectivity index is 3.55. The van der Waals surface area contributed by atoms with Crippen LogP contribution in [0.3, 0.4) is 0 Å². The second kappa shape index (κ2) is 7.55. The van der Waals surface area contributed by atoms with Gasteiger partial charge >= 0.3 is 0 Å². The number of methoxy groups -OCH3 is 1. The summed E-state index contributed by atoms with van der Waals surface area (Å²) in [6, 6.07) is 0. The predicted octanol–water partition coefficient (Wildman–Crippen LogP) is 0.571. The molecule has 13 heavy (non-hydrogen) atoms. The average molecular weight is 230 g/mol. The number of alkyl halides is 1. The first-order chi connectivity index (χ1) is 6.12. The van der Waals surface area contributed by atoms with Crippen molar-refractivity contribution < 1.29 is 13.2 Å². The molecule has 4 nitrogen and oxygen atoms in total. The summed E-state index contributed by atoms with van der Waals surface area (Å²) in [6.07, 6.45) is 1.18. The molecule has 0 atom stereocenters. The molecule has 1 N–H and O–H groups in total. The molecule has 0 radical (unpaired) electrons. The average Bonchev–Trinajstić information content (AvgIpc) is 2.05. The Morgan fingerprint density at radius 1 is 1.38 bits per heavy atom. The molecule has 0 unspecified atom stereocenters. The third-order valence-corrected chi connectivity index (χ3v) is 3.13. The minimum absolute atomic E-state index is 0.114. The lowest BCUT2D eigenvalue weighted by Crippen LogP contribution is -2.28. The van der Waals surface area contributed by atoms with Gasteiger partial charge in [0, 0.05) is 26.1 Å². The molecule has 0 fully saturated rings. The van der Waals surface area contributed by atoms with Gasteiger partial charge in [-0.3, -0.25) is 0 Å². The highest BCUT2D eigenvalue weighted by Crippen LogP contribution is 1.91. The Labute approximate surface area is 84.7 Å². The molecular formula is C7H16ClNO3S. The van der Waals surface area contributed by atoms with Gasteiger partial charge in [0.1, 0.15) is 0 Å². The van der Waals surface area contributed by atoms with Crippen LogP contribution in [0.15, 0.2) is 0 Å². The predicted molar refractivity (Wildman–Crippen MR) is 53.6 cm³/mol. The standard InChI is InChI=1S/C7H16ClNO3S/c1-12-6-3-7-13(10,11)9-5-2-4-8/h9H,2-7H2,1H3. The van der Waals surface area contributed by atoms with Gasteiger partial charge in [-0.1, -0.05) is 0 Å². The SMILES string of the molecule is COCCCS(=O)(=O)NCCCCl. The van der Waals surface area contributed by atoms with Crippen molar-refractivity contribution in [2.45, 2.75) is 12.8 Å². The van der Waals surface area contributed by atoms with Crippen LogP contribution < -0.4 is 4.72 Å². The van der Waals surface area contributed by atoms with Crippen LogP contribution in [-0.2, 0) is 14.8 Å². The Kier molecular flexibility index (Phi) is 7.65. The van der Waals surface area contributed by atoms with Crippen molar-refractivity contribution in [3.8, 4) is 0 Å². The number of ether oxygens (including phenoxy) is 1. The Hall–Kier alpha value is 0.160. The lowest BCUT2D eigenvalue weighted by Gasteiger charge is -2.04. The Morgan fingerprint density at radius 2 is 2.08 bits per heavy atom. The molecule has 0 aliphatic rings. The molecule has 0 rings (SSSR count). The summed E-state index contributed by atoms with van der Waals surface area (Å²) >= 11 is 5.40. The van der Waals surface area contributed by atoms with Crippen LogP contribution in [0.5, 0.6) is 0 Å². The first kappa shape index (κ1) is 13.2. The number of nitrogens with one attached hydrogen (secondary N) is 1. The van der Waals surface area contributed by atoms with E-state index in [1.165, 1.54) is 0 Å². The maximum absolute atomic E-state index is 11.2. The summed E-state index contributed by atoms with van der Waals surface area (Å²) in [4.78, 5) is 0. The molecule has 0 aromatic rings. The minimum atomic E-state index is -3.11. The van der Waals surface area contributed by atoms with Crippen molar-refractivity contribution in [2.75, 3.05) is 31.9 Å². The molecule has 0 saturated heterocycles. The summed E-state index contributed by atoms with van der Waals surface area (Å²) in [5.41, 5.74) is 0. The van der Waals surface area contributed by atoms with Crippen LogP contribution >= 0.6 is 11.6 Å². The fourth-order valence-electron chi connectivity index (χ4n) is 0.760. The molecule has 0 amide bonds. The lowest BCUT2D eigenvalue weighted by molar-refractivity contribution is 0.199. The molecular weight excluding hydrogens is 214 g/mol. The number of hydrogen-bond acceptors (Lipinski definition) is 3. The van der Waals surface area contributed by atoms with Gasteiger partial charge in [0.15, 0.2) is 0 Å². The lowest BCUT2D eigenvalue weighted by atomic mass is 10.5. The van der Waals surface area contributed by atoms with Gasteiger partial charge in [-0.05, 0) is 12.8 Å². The van der Waals surface area contributed by atoms with Crippen molar-refractivity contribution in [3.05, 3.63) is 0 Å². The fraction of sp³-hybridized carbons (Fsp3) is 1.00. The van der Waals surface area contributed by atoms with E-state index in [4.69, 9.17) is 16.3 Å². The van der Waals surface area contributed by atoms with E-state index >= 15 is 0 Å². The third-order valence-electron chi connectivity index (χ3n) is 1.39. The van der Waals surface area contributed by atoms with E-state index in [2.05, 4.69) is 4.72 Å². The first-order valence-corrected chi connectivity index (χ1v) is 6.33. The maximum Gasteiger partial charge on any atom is 0.211 e. The molecule has 0 saturated carbocycles. The van der Waals surface area contributed by atoms with E-state index in [-0.39, 0.29) is 5.75 Å². The molecule has 0 spiro atoms. The van der Waals surface area contributed by atoms with E-state index < -0.39 is 10.0 Å². The second-order valence-electron chi connectivity index (χ2n) is 2.60. The zero-order chi connectivity index (χ0) is 10.2. The van der Waals surface area contributed by atoms with Crippen molar-refractivity contribution >= 4 is 21.6 Å². The molecule has 0 aliphatic carbocycles. The van der Waals surface area contributed by atoms with E-state index in [1.807, 2.05) is 0 Å². The first-order valence-electron chi connectivity index (χ1n) is 4.14. The van der Waals surface area contributed by atoms with Crippen LogP contribution in [-0.4, -0.2) is 40.3 Å². The summed E-state index contributed by atoms with van der Waals surface area (Å²) in [5.74, 6) is 0.587. The number of hydrogen-bond donors (Lipinski definition) is 1. The van der Waals surface area contributed by atoms with Gasteiger partial charge in [-0.15, -0.1) is 11.6 Å². The van der Waals surface area contributed by atoms with Gasteiger partial charge in [-0.25, -0.2) is 13.1 Å². The van der Waals surface area contributed by atoms with Crippen molar-refractivity contribution in [1.82, 2.24) is 4.72 Å². The summed E-state index contributed by atoms with van der Waals surface area (Å²) < 4.78 is 29.5. The van der Waals surface area contributed by atoms with Gasteiger partial charge < -0.3 is 4.74 Å². The topological polar surface area (TPSA) is 55.4 Å².